The van der Waals surface area contributed by atoms with Crippen LogP contribution in [0.25, 0.3) is 0 Å². The molecule has 1 aliphatic rings. The first kappa shape index (κ1) is 19.9. The van der Waals surface area contributed by atoms with E-state index in [1.165, 1.54) is 11.1 Å². The first-order valence-electron chi connectivity index (χ1n) is 10.3. The predicted octanol–water partition coefficient (Wildman–Crippen LogP) is 4.61. The van der Waals surface area contributed by atoms with Gasteiger partial charge in [-0.25, -0.2) is 0 Å². The highest BCUT2D eigenvalue weighted by Crippen LogP contribution is 2.45. The van der Waals surface area contributed by atoms with E-state index in [9.17, 15) is 10.2 Å². The summed E-state index contributed by atoms with van der Waals surface area (Å²) in [5, 5.41) is 21.4. The van der Waals surface area contributed by atoms with E-state index in [1.54, 1.807) is 0 Å². The summed E-state index contributed by atoms with van der Waals surface area (Å²) >= 11 is 0. The highest BCUT2D eigenvalue weighted by atomic mass is 16.5. The molecule has 3 heteroatoms. The Bertz CT molecular complexity index is 738. The van der Waals surface area contributed by atoms with Crippen molar-refractivity contribution in [2.45, 2.75) is 58.0 Å². The van der Waals surface area contributed by atoms with Crippen molar-refractivity contribution in [2.75, 3.05) is 13.2 Å². The molecule has 0 radical (unpaired) electrons. The largest absolute Gasteiger partial charge is 0.493 e. The number of aliphatic hydroxyl groups excluding tert-OH is 1. The van der Waals surface area contributed by atoms with Crippen LogP contribution in [0, 0.1) is 5.92 Å². The Labute approximate surface area is 163 Å². The number of benzene rings is 2. The van der Waals surface area contributed by atoms with Crippen molar-refractivity contribution in [1.82, 2.24) is 0 Å². The van der Waals surface area contributed by atoms with E-state index < -0.39 is 5.60 Å². The van der Waals surface area contributed by atoms with Gasteiger partial charge in [-0.3, -0.25) is 0 Å². The van der Waals surface area contributed by atoms with Crippen molar-refractivity contribution in [3.8, 4) is 5.75 Å². The number of rotatable bonds is 7. The molecule has 0 bridgehead atoms. The van der Waals surface area contributed by atoms with E-state index in [4.69, 9.17) is 4.74 Å². The summed E-state index contributed by atoms with van der Waals surface area (Å²) in [6.45, 7) is 4.69. The number of aryl methyl sites for hydroxylation is 1. The van der Waals surface area contributed by atoms with E-state index in [2.05, 4.69) is 43.3 Å². The van der Waals surface area contributed by atoms with Crippen molar-refractivity contribution in [3.63, 3.8) is 0 Å². The normalized spacial score (nSPS) is 22.6. The van der Waals surface area contributed by atoms with Gasteiger partial charge in [0.25, 0.3) is 0 Å². The lowest BCUT2D eigenvalue weighted by Crippen LogP contribution is -2.40. The molecule has 3 rings (SSSR count). The van der Waals surface area contributed by atoms with Gasteiger partial charge in [0, 0.05) is 18.1 Å². The quantitative estimate of drug-likeness (QED) is 0.750. The second-order valence-electron chi connectivity index (χ2n) is 7.66. The van der Waals surface area contributed by atoms with Gasteiger partial charge < -0.3 is 14.9 Å². The minimum atomic E-state index is -1.01. The average molecular weight is 369 g/mol. The molecule has 1 aliphatic carbocycles. The zero-order valence-corrected chi connectivity index (χ0v) is 16.6. The summed E-state index contributed by atoms with van der Waals surface area (Å²) in [6, 6.07) is 14.9. The van der Waals surface area contributed by atoms with Crippen LogP contribution in [0.3, 0.4) is 0 Å². The topological polar surface area (TPSA) is 49.7 Å². The predicted molar refractivity (Wildman–Crippen MR) is 109 cm³/mol. The Morgan fingerprint density at radius 3 is 2.37 bits per heavy atom. The van der Waals surface area contributed by atoms with Crippen LogP contribution in [0.1, 0.15) is 61.8 Å². The zero-order valence-electron chi connectivity index (χ0n) is 16.6. The fraction of sp³-hybridized carbons (Fsp3) is 0.500. The minimum absolute atomic E-state index is 0.00473. The monoisotopic (exact) mass is 368 g/mol. The molecule has 2 N–H and O–H groups in total. The fourth-order valence-corrected chi connectivity index (χ4v) is 4.26. The molecule has 0 amide bonds. The van der Waals surface area contributed by atoms with E-state index in [-0.39, 0.29) is 12.5 Å². The molecule has 2 atom stereocenters. The molecular formula is C24H32O3. The Balaban J connectivity index is 1.94. The molecule has 0 spiro atoms. The molecule has 1 saturated carbocycles. The fourth-order valence-electron chi connectivity index (χ4n) is 4.26. The lowest BCUT2D eigenvalue weighted by atomic mass is 9.71. The molecule has 1 fully saturated rings. The third kappa shape index (κ3) is 4.36. The van der Waals surface area contributed by atoms with Gasteiger partial charge in [-0.2, -0.15) is 0 Å². The maximum atomic E-state index is 11.5. The third-order valence-corrected chi connectivity index (χ3v) is 5.91. The maximum Gasteiger partial charge on any atom is 0.125 e. The van der Waals surface area contributed by atoms with Crippen molar-refractivity contribution >= 4 is 0 Å². The molecule has 0 aromatic heterocycles. The van der Waals surface area contributed by atoms with Gasteiger partial charge in [0.1, 0.15) is 5.75 Å². The Morgan fingerprint density at radius 1 is 1.00 bits per heavy atom. The van der Waals surface area contributed by atoms with Gasteiger partial charge in [-0.15, -0.1) is 0 Å². The van der Waals surface area contributed by atoms with E-state index in [1.807, 2.05) is 13.0 Å². The smallest absolute Gasteiger partial charge is 0.125 e. The van der Waals surface area contributed by atoms with Gasteiger partial charge in [0.2, 0.25) is 0 Å². The van der Waals surface area contributed by atoms with Crippen molar-refractivity contribution in [3.05, 3.63) is 64.7 Å². The van der Waals surface area contributed by atoms with Crippen molar-refractivity contribution in [2.24, 2.45) is 5.92 Å². The third-order valence-electron chi connectivity index (χ3n) is 5.91. The van der Waals surface area contributed by atoms with Crippen LogP contribution in [-0.2, 0) is 18.4 Å². The lowest BCUT2D eigenvalue weighted by molar-refractivity contribution is -0.0744. The molecule has 2 unspecified atom stereocenters. The molecular weight excluding hydrogens is 336 g/mol. The summed E-state index contributed by atoms with van der Waals surface area (Å²) in [5.74, 6) is 0.606. The van der Waals surface area contributed by atoms with E-state index in [0.717, 1.165) is 49.0 Å². The number of hydrogen-bond donors (Lipinski definition) is 2. The summed E-state index contributed by atoms with van der Waals surface area (Å²) in [5.41, 5.74) is 3.59. The Morgan fingerprint density at radius 2 is 1.70 bits per heavy atom. The lowest BCUT2D eigenvalue weighted by Gasteiger charge is -2.40. The summed E-state index contributed by atoms with van der Waals surface area (Å²) in [7, 11) is 0. The van der Waals surface area contributed by atoms with Crippen LogP contribution >= 0.6 is 0 Å². The number of aliphatic hydroxyl groups is 2. The van der Waals surface area contributed by atoms with E-state index in [0.29, 0.717) is 13.0 Å². The molecule has 27 heavy (non-hydrogen) atoms. The van der Waals surface area contributed by atoms with Crippen LogP contribution < -0.4 is 4.74 Å². The van der Waals surface area contributed by atoms with Gasteiger partial charge in [-0.1, -0.05) is 50.1 Å². The van der Waals surface area contributed by atoms with Gasteiger partial charge in [-0.05, 0) is 61.4 Å². The molecule has 2 aromatic carbocycles. The first-order valence-corrected chi connectivity index (χ1v) is 10.3. The molecule has 146 valence electrons. The highest BCUT2D eigenvalue weighted by molar-refractivity contribution is 5.43. The van der Waals surface area contributed by atoms with Gasteiger partial charge in [0.05, 0.1) is 12.2 Å². The van der Waals surface area contributed by atoms with Crippen molar-refractivity contribution < 1.29 is 14.9 Å². The van der Waals surface area contributed by atoms with Crippen LogP contribution in [0.15, 0.2) is 42.5 Å². The number of ether oxygens (including phenoxy) is 1. The first-order chi connectivity index (χ1) is 13.1. The summed E-state index contributed by atoms with van der Waals surface area (Å²) in [6.07, 6.45) is 5.42. The van der Waals surface area contributed by atoms with Crippen LogP contribution in [0.4, 0.5) is 0 Å². The SMILES string of the molecule is CCOc1ccc(Cc2ccc(CC)cc2)cc1C1(O)CCCCC1CO. The summed E-state index contributed by atoms with van der Waals surface area (Å²) in [4.78, 5) is 0. The van der Waals surface area contributed by atoms with Crippen molar-refractivity contribution in [1.29, 1.82) is 0 Å². The maximum absolute atomic E-state index is 11.5. The second kappa shape index (κ2) is 8.90. The van der Waals surface area contributed by atoms with Crippen LogP contribution in [0.2, 0.25) is 0 Å². The summed E-state index contributed by atoms with van der Waals surface area (Å²) < 4.78 is 5.84. The minimum Gasteiger partial charge on any atom is -0.493 e. The van der Waals surface area contributed by atoms with Crippen LogP contribution in [-0.4, -0.2) is 23.4 Å². The zero-order chi connectivity index (χ0) is 19.3. The van der Waals surface area contributed by atoms with Gasteiger partial charge in [0.15, 0.2) is 0 Å². The standard InChI is InChI=1S/C24H32O3/c1-3-18-8-10-19(11-9-18)15-20-12-13-23(27-4-2)22(16-20)24(26)14-6-5-7-21(24)17-25/h8-13,16,21,25-26H,3-7,14-15,17H2,1-2H3. The van der Waals surface area contributed by atoms with Crippen LogP contribution in [0.5, 0.6) is 5.75 Å². The number of hydrogen-bond acceptors (Lipinski definition) is 3. The molecule has 0 heterocycles. The van der Waals surface area contributed by atoms with E-state index >= 15 is 0 Å². The van der Waals surface area contributed by atoms with Gasteiger partial charge >= 0.3 is 0 Å². The molecule has 0 aliphatic heterocycles. The molecule has 3 nitrogen and oxygen atoms in total. The Hall–Kier alpha value is -1.84. The highest BCUT2D eigenvalue weighted by Gasteiger charge is 2.42. The average Bonchev–Trinajstić information content (AvgIpc) is 2.70. The Kier molecular flexibility index (Phi) is 6.56. The molecule has 2 aromatic rings. The second-order valence-corrected chi connectivity index (χ2v) is 7.66. The molecule has 0 saturated heterocycles.